The number of fused-ring (bicyclic) bond motifs is 1. The van der Waals surface area contributed by atoms with E-state index < -0.39 is 0 Å². The van der Waals surface area contributed by atoms with Crippen LogP contribution in [0.2, 0.25) is 0 Å². The zero-order chi connectivity index (χ0) is 13.9. The summed E-state index contributed by atoms with van der Waals surface area (Å²) >= 11 is 0. The molecule has 2 aromatic rings. The molecule has 1 aliphatic carbocycles. The highest BCUT2D eigenvalue weighted by Gasteiger charge is 2.26. The van der Waals surface area contributed by atoms with E-state index in [4.69, 9.17) is 5.11 Å². The first kappa shape index (κ1) is 13.1. The van der Waals surface area contributed by atoms with Gasteiger partial charge in [-0.1, -0.05) is 48.5 Å². The molecule has 0 fully saturated rings. The Hall–Kier alpha value is -1.93. The molecule has 2 aromatic carbocycles. The third-order valence-corrected chi connectivity index (χ3v) is 4.10. The van der Waals surface area contributed by atoms with E-state index in [-0.39, 0.29) is 18.3 Å². The van der Waals surface area contributed by atoms with Crippen molar-refractivity contribution in [3.8, 4) is 0 Å². The Balaban J connectivity index is 1.77. The fourth-order valence-electron chi connectivity index (χ4n) is 2.92. The molecule has 0 aliphatic heterocycles. The van der Waals surface area contributed by atoms with Crippen LogP contribution in [0.1, 0.15) is 33.5 Å². The number of benzene rings is 2. The number of carbonyl (C=O) groups excluding carboxylic acids is 1. The first-order chi connectivity index (χ1) is 9.78. The minimum Gasteiger partial charge on any atom is -0.392 e. The van der Waals surface area contributed by atoms with Gasteiger partial charge in [-0.05, 0) is 36.0 Å². The minimum absolute atomic E-state index is 0.0655. The molecule has 0 radical (unpaired) electrons. The van der Waals surface area contributed by atoms with Gasteiger partial charge in [0.25, 0.3) is 0 Å². The Bertz CT molecular complexity index is 614. The second-order valence-corrected chi connectivity index (χ2v) is 5.44. The maximum Gasteiger partial charge on any atom is 0.166 e. The lowest BCUT2D eigenvalue weighted by atomic mass is 9.80. The van der Waals surface area contributed by atoms with Crippen molar-refractivity contribution in [2.24, 2.45) is 5.92 Å². The van der Waals surface area contributed by atoms with E-state index >= 15 is 0 Å². The average molecular weight is 266 g/mol. The molecule has 1 atom stereocenters. The van der Waals surface area contributed by atoms with E-state index in [9.17, 15) is 4.79 Å². The van der Waals surface area contributed by atoms with Crippen LogP contribution in [-0.4, -0.2) is 10.9 Å². The average Bonchev–Trinajstić information content (AvgIpc) is 2.51. The molecule has 0 bridgehead atoms. The zero-order valence-corrected chi connectivity index (χ0v) is 11.4. The van der Waals surface area contributed by atoms with Crippen LogP contribution in [0.4, 0.5) is 0 Å². The molecule has 1 N–H and O–H groups in total. The van der Waals surface area contributed by atoms with Crippen LogP contribution in [0, 0.1) is 5.92 Å². The maximum absolute atomic E-state index is 12.5. The van der Waals surface area contributed by atoms with E-state index in [0.29, 0.717) is 0 Å². The molecule has 1 aliphatic rings. The second kappa shape index (κ2) is 5.59. The van der Waals surface area contributed by atoms with Gasteiger partial charge in [0.05, 0.1) is 6.61 Å². The quantitative estimate of drug-likeness (QED) is 0.926. The van der Waals surface area contributed by atoms with Gasteiger partial charge in [-0.15, -0.1) is 0 Å². The van der Waals surface area contributed by atoms with Crippen molar-refractivity contribution in [2.45, 2.75) is 25.9 Å². The number of hydrogen-bond acceptors (Lipinski definition) is 2. The third-order valence-electron chi connectivity index (χ3n) is 4.10. The Kier molecular flexibility index (Phi) is 3.66. The summed E-state index contributed by atoms with van der Waals surface area (Å²) in [7, 11) is 0. The Morgan fingerprint density at radius 3 is 2.45 bits per heavy atom. The van der Waals surface area contributed by atoms with Gasteiger partial charge < -0.3 is 5.11 Å². The van der Waals surface area contributed by atoms with Crippen LogP contribution in [0.15, 0.2) is 48.5 Å². The predicted molar refractivity (Wildman–Crippen MR) is 78.7 cm³/mol. The summed E-state index contributed by atoms with van der Waals surface area (Å²) in [6, 6.07) is 15.8. The van der Waals surface area contributed by atoms with Crippen molar-refractivity contribution in [1.82, 2.24) is 0 Å². The summed E-state index contributed by atoms with van der Waals surface area (Å²) in [5.41, 5.74) is 4.16. The van der Waals surface area contributed by atoms with E-state index in [1.807, 2.05) is 42.5 Å². The largest absolute Gasteiger partial charge is 0.392 e. The number of carbonyl (C=O) groups is 1. The van der Waals surface area contributed by atoms with E-state index in [1.165, 1.54) is 11.1 Å². The van der Waals surface area contributed by atoms with Gasteiger partial charge in [0.2, 0.25) is 0 Å². The fourth-order valence-corrected chi connectivity index (χ4v) is 2.92. The number of rotatable bonds is 3. The van der Waals surface area contributed by atoms with Crippen LogP contribution in [-0.2, 0) is 19.4 Å². The number of aliphatic hydroxyl groups excluding tert-OH is 1. The molecule has 20 heavy (non-hydrogen) atoms. The molecule has 0 aromatic heterocycles. The first-order valence-electron chi connectivity index (χ1n) is 7.08. The van der Waals surface area contributed by atoms with Gasteiger partial charge in [0.1, 0.15) is 0 Å². The van der Waals surface area contributed by atoms with Crippen LogP contribution in [0.25, 0.3) is 0 Å². The molecule has 0 saturated heterocycles. The zero-order valence-electron chi connectivity index (χ0n) is 11.4. The lowest BCUT2D eigenvalue weighted by Crippen LogP contribution is -2.24. The van der Waals surface area contributed by atoms with Gasteiger partial charge in [0.15, 0.2) is 5.78 Å². The fraction of sp³-hybridized carbons (Fsp3) is 0.278. The van der Waals surface area contributed by atoms with E-state index in [2.05, 4.69) is 6.07 Å². The minimum atomic E-state index is 0.0655. The number of Topliss-reactive ketones (excluding diaryl/α,β-unsaturated/α-hetero) is 1. The molecule has 2 heteroatoms. The second-order valence-electron chi connectivity index (χ2n) is 5.44. The molecule has 3 rings (SSSR count). The third kappa shape index (κ3) is 2.52. The molecule has 1 unspecified atom stereocenters. The van der Waals surface area contributed by atoms with Crippen molar-refractivity contribution >= 4 is 5.78 Å². The number of aryl methyl sites for hydroxylation is 1. The number of ketones is 1. The molecule has 0 heterocycles. The van der Waals surface area contributed by atoms with Crippen LogP contribution in [0.5, 0.6) is 0 Å². The van der Waals surface area contributed by atoms with Gasteiger partial charge in [-0.25, -0.2) is 0 Å². The molecule has 0 spiro atoms. The van der Waals surface area contributed by atoms with Gasteiger partial charge >= 0.3 is 0 Å². The Morgan fingerprint density at radius 1 is 1.00 bits per heavy atom. The van der Waals surface area contributed by atoms with Crippen molar-refractivity contribution in [3.05, 3.63) is 70.8 Å². The standard InChI is InChI=1S/C18H18O2/c19-12-14-7-5-13(6-8-14)11-16-10-9-15-3-1-2-4-17(15)18(16)20/h1-8,16,19H,9-12H2. The number of hydrogen-bond donors (Lipinski definition) is 1. The molecule has 2 nitrogen and oxygen atoms in total. The first-order valence-corrected chi connectivity index (χ1v) is 7.08. The predicted octanol–water partition coefficient (Wildman–Crippen LogP) is 3.17. The highest BCUT2D eigenvalue weighted by atomic mass is 16.3. The normalized spacial score (nSPS) is 17.9. The summed E-state index contributed by atoms with van der Waals surface area (Å²) in [5, 5.41) is 9.05. The highest BCUT2D eigenvalue weighted by molar-refractivity contribution is 6.00. The topological polar surface area (TPSA) is 37.3 Å². The summed E-state index contributed by atoms with van der Waals surface area (Å²) < 4.78 is 0. The van der Waals surface area contributed by atoms with Gasteiger partial charge in [-0.2, -0.15) is 0 Å². The van der Waals surface area contributed by atoms with E-state index in [1.54, 1.807) is 0 Å². The van der Waals surface area contributed by atoms with Gasteiger partial charge in [0, 0.05) is 11.5 Å². The summed E-state index contributed by atoms with van der Waals surface area (Å²) in [5.74, 6) is 0.364. The smallest absolute Gasteiger partial charge is 0.166 e. The van der Waals surface area contributed by atoms with Crippen molar-refractivity contribution in [3.63, 3.8) is 0 Å². The molecular weight excluding hydrogens is 248 g/mol. The van der Waals surface area contributed by atoms with Crippen molar-refractivity contribution < 1.29 is 9.90 Å². The highest BCUT2D eigenvalue weighted by Crippen LogP contribution is 2.27. The molecular formula is C18H18O2. The Labute approximate surface area is 119 Å². The Morgan fingerprint density at radius 2 is 1.70 bits per heavy atom. The molecule has 0 amide bonds. The van der Waals surface area contributed by atoms with Crippen LogP contribution >= 0.6 is 0 Å². The lowest BCUT2D eigenvalue weighted by molar-refractivity contribution is 0.0901. The van der Waals surface area contributed by atoms with Crippen molar-refractivity contribution in [1.29, 1.82) is 0 Å². The van der Waals surface area contributed by atoms with Crippen LogP contribution < -0.4 is 0 Å². The maximum atomic E-state index is 12.5. The summed E-state index contributed by atoms with van der Waals surface area (Å²) in [6.07, 6.45) is 2.71. The van der Waals surface area contributed by atoms with Crippen molar-refractivity contribution in [2.75, 3.05) is 0 Å². The van der Waals surface area contributed by atoms with Gasteiger partial charge in [-0.3, -0.25) is 4.79 Å². The van der Waals surface area contributed by atoms with E-state index in [0.717, 1.165) is 30.4 Å². The monoisotopic (exact) mass is 266 g/mol. The molecule has 102 valence electrons. The SMILES string of the molecule is O=C1c2ccccc2CCC1Cc1ccc(CO)cc1. The summed E-state index contributed by atoms with van der Waals surface area (Å²) in [4.78, 5) is 12.5. The van der Waals surface area contributed by atoms with Crippen LogP contribution in [0.3, 0.4) is 0 Å². The lowest BCUT2D eigenvalue weighted by Gasteiger charge is -2.23. The molecule has 0 saturated carbocycles. The summed E-state index contributed by atoms with van der Waals surface area (Å²) in [6.45, 7) is 0.0655. The number of aliphatic hydroxyl groups is 1.